The molecule has 0 bridgehead atoms. The molecule has 1 saturated carbocycles. The molecule has 25 heavy (non-hydrogen) atoms. The van der Waals surface area contributed by atoms with E-state index in [0.29, 0.717) is 31.3 Å². The van der Waals surface area contributed by atoms with Crippen LogP contribution in [-0.2, 0) is 0 Å². The third-order valence-corrected chi connectivity index (χ3v) is 5.57. The highest BCUT2D eigenvalue weighted by Gasteiger charge is 2.33. The van der Waals surface area contributed by atoms with Gasteiger partial charge in [0.25, 0.3) is 5.56 Å². The number of fused-ring (bicyclic) bond motifs is 1. The normalized spacial score (nSPS) is 20.2. The van der Waals surface area contributed by atoms with Crippen molar-refractivity contribution in [1.29, 1.82) is 0 Å². The van der Waals surface area contributed by atoms with Crippen LogP contribution in [0.1, 0.15) is 37.3 Å². The van der Waals surface area contributed by atoms with E-state index < -0.39 is 5.60 Å². The second-order valence-electron chi connectivity index (χ2n) is 7.34. The Morgan fingerprint density at radius 1 is 1.24 bits per heavy atom. The van der Waals surface area contributed by atoms with Gasteiger partial charge < -0.3 is 15.1 Å². The van der Waals surface area contributed by atoms with Crippen LogP contribution in [0.2, 0.25) is 0 Å². The monoisotopic (exact) mass is 345 g/mol. The number of rotatable bonds is 3. The summed E-state index contributed by atoms with van der Waals surface area (Å²) < 4.78 is 1.73. The van der Waals surface area contributed by atoms with Crippen molar-refractivity contribution in [3.63, 3.8) is 0 Å². The molecule has 2 aliphatic rings. The Morgan fingerprint density at radius 2 is 1.92 bits per heavy atom. The second kappa shape index (κ2) is 5.71. The van der Waals surface area contributed by atoms with Gasteiger partial charge in [-0.3, -0.25) is 14.3 Å². The van der Waals surface area contributed by atoms with Gasteiger partial charge in [-0.1, -0.05) is 0 Å². The molecule has 134 valence electrons. The number of aromatic nitrogens is 2. The Hall–Kier alpha value is -2.12. The van der Waals surface area contributed by atoms with Gasteiger partial charge in [0.15, 0.2) is 0 Å². The second-order valence-corrected chi connectivity index (χ2v) is 7.34. The van der Waals surface area contributed by atoms with Crippen molar-refractivity contribution in [3.05, 3.63) is 38.5 Å². The van der Waals surface area contributed by atoms with Gasteiger partial charge in [-0.2, -0.15) is 0 Å². The highest BCUT2D eigenvalue weighted by atomic mass is 16.3. The van der Waals surface area contributed by atoms with Gasteiger partial charge in [-0.05, 0) is 50.3 Å². The maximum atomic E-state index is 12.3. The molecule has 1 aliphatic heterocycles. The van der Waals surface area contributed by atoms with E-state index in [9.17, 15) is 19.8 Å². The summed E-state index contributed by atoms with van der Waals surface area (Å²) >= 11 is 0. The van der Waals surface area contributed by atoms with Gasteiger partial charge in [0.2, 0.25) is 0 Å². The molecule has 0 spiro atoms. The van der Waals surface area contributed by atoms with Gasteiger partial charge in [-0.15, -0.1) is 0 Å². The van der Waals surface area contributed by atoms with Crippen LogP contribution in [0.3, 0.4) is 0 Å². The minimum atomic E-state index is -1.01. The zero-order valence-corrected chi connectivity index (χ0v) is 14.3. The zero-order valence-electron chi connectivity index (χ0n) is 14.3. The summed E-state index contributed by atoms with van der Waals surface area (Å²) in [7, 11) is 0. The van der Waals surface area contributed by atoms with Gasteiger partial charge in [0.1, 0.15) is 0 Å². The van der Waals surface area contributed by atoms with Crippen LogP contribution >= 0.6 is 0 Å². The fourth-order valence-electron chi connectivity index (χ4n) is 3.86. The van der Waals surface area contributed by atoms with E-state index in [1.807, 2.05) is 13.0 Å². The highest BCUT2D eigenvalue weighted by Crippen LogP contribution is 2.38. The number of benzene rings is 1. The molecule has 0 atom stereocenters. The number of aliphatic hydroxyl groups excluding tert-OH is 1. The van der Waals surface area contributed by atoms with E-state index in [0.717, 1.165) is 29.6 Å². The minimum absolute atomic E-state index is 0.168. The molecular formula is C18H23N3O4. The quantitative estimate of drug-likeness (QED) is 0.759. The number of aromatic amines is 1. The Balaban J connectivity index is 1.82. The van der Waals surface area contributed by atoms with Crippen molar-refractivity contribution in [2.75, 3.05) is 24.6 Å². The third kappa shape index (κ3) is 2.67. The van der Waals surface area contributed by atoms with E-state index in [-0.39, 0.29) is 23.9 Å². The first-order valence-electron chi connectivity index (χ1n) is 8.80. The molecule has 1 aromatic carbocycles. The van der Waals surface area contributed by atoms with Gasteiger partial charge in [0.05, 0.1) is 23.1 Å². The molecule has 7 nitrogen and oxygen atoms in total. The van der Waals surface area contributed by atoms with Crippen molar-refractivity contribution in [3.8, 4) is 0 Å². The topological polar surface area (TPSA) is 98.6 Å². The number of nitrogens with zero attached hydrogens (tertiary/aromatic N) is 2. The molecule has 2 aromatic rings. The Morgan fingerprint density at radius 3 is 2.52 bits per heavy atom. The van der Waals surface area contributed by atoms with Crippen LogP contribution in [0.5, 0.6) is 0 Å². The summed E-state index contributed by atoms with van der Waals surface area (Å²) in [6, 6.07) is 3.86. The smallest absolute Gasteiger partial charge is 0.329 e. The van der Waals surface area contributed by atoms with Crippen LogP contribution in [0.4, 0.5) is 5.69 Å². The number of hydrogen-bond donors (Lipinski definition) is 3. The highest BCUT2D eigenvalue weighted by molar-refractivity contribution is 5.86. The SMILES string of the molecule is Cc1c(N2CCC(O)(CO)CC2)ccc2c(=O)[nH]c(=O)n(C3CC3)c12. The largest absolute Gasteiger partial charge is 0.393 e. The number of hydrogen-bond acceptors (Lipinski definition) is 5. The summed E-state index contributed by atoms with van der Waals surface area (Å²) in [6.45, 7) is 2.97. The molecule has 7 heteroatoms. The lowest BCUT2D eigenvalue weighted by molar-refractivity contribution is -0.0325. The van der Waals surface area contributed by atoms with Gasteiger partial charge >= 0.3 is 5.69 Å². The fraction of sp³-hybridized carbons (Fsp3) is 0.556. The van der Waals surface area contributed by atoms with Crippen LogP contribution in [0, 0.1) is 6.92 Å². The summed E-state index contributed by atoms with van der Waals surface area (Å²) in [5, 5.41) is 20.1. The van der Waals surface area contributed by atoms with Crippen LogP contribution in [-0.4, -0.2) is 45.1 Å². The van der Waals surface area contributed by atoms with Crippen molar-refractivity contribution in [2.24, 2.45) is 0 Å². The molecule has 2 fully saturated rings. The standard InChI is InChI=1S/C18H23N3O4/c1-11-14(20-8-6-18(25,10-22)7-9-20)5-4-13-15(11)21(12-2-3-12)17(24)19-16(13)23/h4-5,12,22,25H,2-3,6-10H2,1H3,(H,19,23,24). The summed E-state index contributed by atoms with van der Waals surface area (Å²) in [4.78, 5) is 29.1. The van der Waals surface area contributed by atoms with E-state index >= 15 is 0 Å². The predicted octanol–water partition coefficient (Wildman–Crippen LogP) is 0.657. The lowest BCUT2D eigenvalue weighted by Crippen LogP contribution is -2.46. The zero-order chi connectivity index (χ0) is 17.8. The van der Waals surface area contributed by atoms with Gasteiger partial charge in [0, 0.05) is 24.8 Å². The average Bonchev–Trinajstić information content (AvgIpc) is 3.42. The molecule has 1 aliphatic carbocycles. The van der Waals surface area contributed by atoms with E-state index in [4.69, 9.17) is 0 Å². The maximum Gasteiger partial charge on any atom is 0.329 e. The number of aliphatic hydroxyl groups is 2. The van der Waals surface area contributed by atoms with Crippen molar-refractivity contribution < 1.29 is 10.2 Å². The Kier molecular flexibility index (Phi) is 3.73. The first kappa shape index (κ1) is 16.4. The fourth-order valence-corrected chi connectivity index (χ4v) is 3.86. The van der Waals surface area contributed by atoms with Crippen LogP contribution in [0.25, 0.3) is 10.9 Å². The molecule has 2 heterocycles. The van der Waals surface area contributed by atoms with E-state index in [1.165, 1.54) is 0 Å². The number of nitrogens with one attached hydrogen (secondary N) is 1. The lowest BCUT2D eigenvalue weighted by Gasteiger charge is -2.39. The van der Waals surface area contributed by atoms with Crippen molar-refractivity contribution in [2.45, 2.75) is 44.2 Å². The first-order chi connectivity index (χ1) is 11.9. The van der Waals surface area contributed by atoms with Crippen LogP contribution < -0.4 is 16.1 Å². The molecule has 1 saturated heterocycles. The molecule has 0 unspecified atom stereocenters. The Labute approximate surface area is 144 Å². The minimum Gasteiger partial charge on any atom is -0.393 e. The molecule has 3 N–H and O–H groups in total. The summed E-state index contributed by atoms with van der Waals surface area (Å²) in [5.74, 6) is 0. The van der Waals surface area contributed by atoms with E-state index in [2.05, 4.69) is 9.88 Å². The molecule has 1 aromatic heterocycles. The molecular weight excluding hydrogens is 322 g/mol. The molecule has 0 radical (unpaired) electrons. The molecule has 0 amide bonds. The summed E-state index contributed by atoms with van der Waals surface area (Å²) in [6.07, 6.45) is 2.90. The van der Waals surface area contributed by atoms with E-state index in [1.54, 1.807) is 10.6 Å². The summed E-state index contributed by atoms with van der Waals surface area (Å²) in [5.41, 5.74) is 0.924. The van der Waals surface area contributed by atoms with Crippen molar-refractivity contribution >= 4 is 16.6 Å². The molecule has 4 rings (SSSR count). The number of piperidine rings is 1. The lowest BCUT2D eigenvalue weighted by atomic mass is 9.91. The van der Waals surface area contributed by atoms with Crippen LogP contribution in [0.15, 0.2) is 21.7 Å². The third-order valence-electron chi connectivity index (χ3n) is 5.57. The number of aryl methyl sites for hydroxylation is 1. The first-order valence-corrected chi connectivity index (χ1v) is 8.80. The maximum absolute atomic E-state index is 12.3. The average molecular weight is 345 g/mol. The Bertz CT molecular complexity index is 934. The van der Waals surface area contributed by atoms with Crippen molar-refractivity contribution in [1.82, 2.24) is 9.55 Å². The predicted molar refractivity (Wildman–Crippen MR) is 95.3 cm³/mol. The number of H-pyrrole nitrogens is 1. The van der Waals surface area contributed by atoms with Gasteiger partial charge in [-0.25, -0.2) is 4.79 Å². The number of anilines is 1.